The van der Waals surface area contributed by atoms with Gasteiger partial charge < -0.3 is 5.11 Å². The largest absolute Gasteiger partial charge is 0.493 e. The molecule has 0 spiro atoms. The maximum atomic E-state index is 9.71. The van der Waals surface area contributed by atoms with Gasteiger partial charge in [-0.25, -0.2) is 15.0 Å². The van der Waals surface area contributed by atoms with Gasteiger partial charge in [-0.05, 0) is 6.07 Å². The van der Waals surface area contributed by atoms with Crippen molar-refractivity contribution in [3.63, 3.8) is 0 Å². The summed E-state index contributed by atoms with van der Waals surface area (Å²) in [6.07, 6.45) is 3.22. The second-order valence-electron chi connectivity index (χ2n) is 3.87. The van der Waals surface area contributed by atoms with E-state index in [0.717, 1.165) is 5.56 Å². The molecule has 0 atom stereocenters. The lowest BCUT2D eigenvalue weighted by Gasteiger charge is -2.04. The van der Waals surface area contributed by atoms with Crippen LogP contribution in [0.25, 0.3) is 22.9 Å². The fourth-order valence-corrected chi connectivity index (χ4v) is 1.71. The highest BCUT2D eigenvalue weighted by atomic mass is 16.3. The molecule has 0 fully saturated rings. The van der Waals surface area contributed by atoms with Crippen LogP contribution in [-0.4, -0.2) is 25.0 Å². The van der Waals surface area contributed by atoms with E-state index in [2.05, 4.69) is 19.9 Å². The molecule has 1 N–H and O–H groups in total. The van der Waals surface area contributed by atoms with E-state index in [0.29, 0.717) is 17.3 Å². The summed E-state index contributed by atoms with van der Waals surface area (Å²) in [6, 6.07) is 12.8. The van der Waals surface area contributed by atoms with Crippen molar-refractivity contribution >= 4 is 0 Å². The summed E-state index contributed by atoms with van der Waals surface area (Å²) in [5.74, 6) is 0.589. The van der Waals surface area contributed by atoms with Crippen molar-refractivity contribution in [2.24, 2.45) is 0 Å². The Hall–Kier alpha value is -2.82. The predicted molar refractivity (Wildman–Crippen MR) is 70.2 cm³/mol. The van der Waals surface area contributed by atoms with Gasteiger partial charge in [0.25, 0.3) is 0 Å². The molecule has 92 valence electrons. The lowest BCUT2D eigenvalue weighted by molar-refractivity contribution is 0.453. The fourth-order valence-electron chi connectivity index (χ4n) is 1.71. The molecule has 0 saturated carbocycles. The van der Waals surface area contributed by atoms with Gasteiger partial charge in [0.1, 0.15) is 0 Å². The van der Waals surface area contributed by atoms with Crippen LogP contribution in [0, 0.1) is 0 Å². The van der Waals surface area contributed by atoms with E-state index in [1.807, 2.05) is 30.3 Å². The lowest BCUT2D eigenvalue weighted by atomic mass is 10.1. The minimum atomic E-state index is -0.101. The van der Waals surface area contributed by atoms with Crippen molar-refractivity contribution in [1.82, 2.24) is 19.9 Å². The first-order chi connectivity index (χ1) is 9.33. The molecule has 0 bridgehead atoms. The molecular formula is C14H10N4O. The second-order valence-corrected chi connectivity index (χ2v) is 3.87. The van der Waals surface area contributed by atoms with E-state index < -0.39 is 0 Å². The molecule has 0 aliphatic rings. The van der Waals surface area contributed by atoms with Crippen molar-refractivity contribution in [2.45, 2.75) is 0 Å². The van der Waals surface area contributed by atoms with Gasteiger partial charge in [0.2, 0.25) is 11.7 Å². The van der Waals surface area contributed by atoms with Gasteiger partial charge in [-0.1, -0.05) is 30.3 Å². The monoisotopic (exact) mass is 250 g/mol. The summed E-state index contributed by atoms with van der Waals surface area (Å²) in [7, 11) is 0. The quantitative estimate of drug-likeness (QED) is 0.755. The molecule has 0 unspecified atom stereocenters. The first-order valence-electron chi connectivity index (χ1n) is 5.74. The Kier molecular flexibility index (Phi) is 2.86. The van der Waals surface area contributed by atoms with E-state index in [1.54, 1.807) is 18.5 Å². The van der Waals surface area contributed by atoms with Gasteiger partial charge >= 0.3 is 0 Å². The van der Waals surface area contributed by atoms with Crippen molar-refractivity contribution < 1.29 is 5.11 Å². The number of nitrogens with zero attached hydrogens (tertiary/aromatic N) is 4. The van der Waals surface area contributed by atoms with Crippen molar-refractivity contribution in [3.05, 3.63) is 54.9 Å². The molecule has 3 aromatic rings. The minimum absolute atomic E-state index is 0.101. The van der Waals surface area contributed by atoms with Gasteiger partial charge in [0, 0.05) is 24.0 Å². The number of hydrogen-bond acceptors (Lipinski definition) is 5. The molecule has 3 rings (SSSR count). The minimum Gasteiger partial charge on any atom is -0.493 e. The van der Waals surface area contributed by atoms with Gasteiger partial charge in [0.05, 0.1) is 5.69 Å². The molecule has 0 radical (unpaired) electrons. The lowest BCUT2D eigenvalue weighted by Crippen LogP contribution is -1.96. The molecule has 5 heteroatoms. The number of rotatable bonds is 2. The molecule has 0 saturated heterocycles. The smallest absolute Gasteiger partial charge is 0.215 e. The van der Waals surface area contributed by atoms with Crippen LogP contribution in [0.15, 0.2) is 54.9 Å². The maximum absolute atomic E-state index is 9.71. The van der Waals surface area contributed by atoms with Crippen LogP contribution < -0.4 is 0 Å². The van der Waals surface area contributed by atoms with Crippen LogP contribution in [-0.2, 0) is 0 Å². The number of hydrogen-bond donors (Lipinski definition) is 1. The average molecular weight is 250 g/mol. The second kappa shape index (κ2) is 4.81. The Morgan fingerprint density at radius 1 is 0.789 bits per heavy atom. The number of aromatic nitrogens is 4. The van der Waals surface area contributed by atoms with E-state index in [4.69, 9.17) is 0 Å². The Labute approximate surface area is 109 Å². The number of benzene rings is 1. The van der Waals surface area contributed by atoms with Crippen LogP contribution in [0.5, 0.6) is 5.88 Å². The zero-order valence-corrected chi connectivity index (χ0v) is 9.93. The summed E-state index contributed by atoms with van der Waals surface area (Å²) >= 11 is 0. The highest BCUT2D eigenvalue weighted by Gasteiger charge is 2.09. The highest BCUT2D eigenvalue weighted by molar-refractivity contribution is 5.62. The van der Waals surface area contributed by atoms with Crippen molar-refractivity contribution in [2.75, 3.05) is 0 Å². The zero-order chi connectivity index (χ0) is 13.1. The Morgan fingerprint density at radius 2 is 1.53 bits per heavy atom. The summed E-state index contributed by atoms with van der Waals surface area (Å²) in [5.41, 5.74) is 1.54. The van der Waals surface area contributed by atoms with E-state index >= 15 is 0 Å². The normalized spacial score (nSPS) is 10.3. The topological polar surface area (TPSA) is 71.8 Å². The first kappa shape index (κ1) is 11.3. The Balaban J connectivity index is 2.12. The van der Waals surface area contributed by atoms with Gasteiger partial charge in [0.15, 0.2) is 5.82 Å². The van der Waals surface area contributed by atoms with E-state index in [-0.39, 0.29) is 5.88 Å². The molecule has 1 aromatic carbocycles. The van der Waals surface area contributed by atoms with Gasteiger partial charge in [-0.15, -0.1) is 0 Å². The Morgan fingerprint density at radius 3 is 2.26 bits per heavy atom. The Bertz CT molecular complexity index is 629. The molecule has 19 heavy (non-hydrogen) atoms. The van der Waals surface area contributed by atoms with E-state index in [9.17, 15) is 5.11 Å². The van der Waals surface area contributed by atoms with Crippen LogP contribution in [0.3, 0.4) is 0 Å². The SMILES string of the molecule is Oc1cc(-c2ccccc2)nc(-c2ncccn2)n1. The predicted octanol–water partition coefficient (Wildman–Crippen LogP) is 2.31. The average Bonchev–Trinajstić information content (AvgIpc) is 2.48. The maximum Gasteiger partial charge on any atom is 0.215 e. The van der Waals surface area contributed by atoms with Crippen LogP contribution >= 0.6 is 0 Å². The number of aromatic hydroxyl groups is 1. The molecule has 2 aromatic heterocycles. The highest BCUT2D eigenvalue weighted by Crippen LogP contribution is 2.22. The van der Waals surface area contributed by atoms with Crippen molar-refractivity contribution in [1.29, 1.82) is 0 Å². The van der Waals surface area contributed by atoms with Crippen LogP contribution in [0.2, 0.25) is 0 Å². The molecule has 0 amide bonds. The van der Waals surface area contributed by atoms with Crippen LogP contribution in [0.1, 0.15) is 0 Å². The van der Waals surface area contributed by atoms with E-state index in [1.165, 1.54) is 6.07 Å². The standard InChI is InChI=1S/C14H10N4O/c19-12-9-11(10-5-2-1-3-6-10)17-14(18-12)13-15-7-4-8-16-13/h1-9H,(H,17,18,19). The summed E-state index contributed by atoms with van der Waals surface area (Å²) in [4.78, 5) is 16.5. The van der Waals surface area contributed by atoms with Gasteiger partial charge in [-0.2, -0.15) is 4.98 Å². The molecule has 2 heterocycles. The van der Waals surface area contributed by atoms with Crippen LogP contribution in [0.4, 0.5) is 0 Å². The summed E-state index contributed by atoms with van der Waals surface area (Å²) in [5, 5.41) is 9.71. The molecule has 0 aliphatic carbocycles. The van der Waals surface area contributed by atoms with Gasteiger partial charge in [-0.3, -0.25) is 0 Å². The third-order valence-corrected chi connectivity index (χ3v) is 2.55. The first-order valence-corrected chi connectivity index (χ1v) is 5.74. The molecule has 0 aliphatic heterocycles. The zero-order valence-electron chi connectivity index (χ0n) is 9.93. The third-order valence-electron chi connectivity index (χ3n) is 2.55. The molecule has 5 nitrogen and oxygen atoms in total. The molecular weight excluding hydrogens is 240 g/mol. The summed E-state index contributed by atoms with van der Waals surface area (Å²) < 4.78 is 0. The fraction of sp³-hybridized carbons (Fsp3) is 0. The summed E-state index contributed by atoms with van der Waals surface area (Å²) in [6.45, 7) is 0. The third kappa shape index (κ3) is 2.40. The van der Waals surface area contributed by atoms with Crippen molar-refractivity contribution in [3.8, 4) is 28.8 Å².